The van der Waals surface area contributed by atoms with Gasteiger partial charge in [0.25, 0.3) is 0 Å². The molecule has 4 nitrogen and oxygen atoms in total. The van der Waals surface area contributed by atoms with Crippen LogP contribution in [0.25, 0.3) is 0 Å². The van der Waals surface area contributed by atoms with E-state index in [1.165, 1.54) is 25.8 Å². The highest BCUT2D eigenvalue weighted by atomic mass is 35.5. The summed E-state index contributed by atoms with van der Waals surface area (Å²) in [4.78, 5) is 10.4. The lowest BCUT2D eigenvalue weighted by atomic mass is 10.1. The molecule has 2 rings (SSSR count). The van der Waals surface area contributed by atoms with Gasteiger partial charge in [0.1, 0.15) is 17.2 Å². The predicted octanol–water partition coefficient (Wildman–Crippen LogP) is 1.88. The molecule has 1 fully saturated rings. The van der Waals surface area contributed by atoms with Crippen LogP contribution in [0.1, 0.15) is 13.3 Å². The molecule has 2 heterocycles. The number of aromatic nitrogens is 2. The summed E-state index contributed by atoms with van der Waals surface area (Å²) in [6.45, 7) is 6.67. The van der Waals surface area contributed by atoms with E-state index in [0.717, 1.165) is 18.9 Å². The smallest absolute Gasteiger partial charge is 0.148 e. The number of hydrogen-bond acceptors (Lipinski definition) is 4. The Bertz CT molecular complexity index is 345. The van der Waals surface area contributed by atoms with E-state index in [0.29, 0.717) is 10.9 Å². The first-order chi connectivity index (χ1) is 7.79. The zero-order valence-corrected chi connectivity index (χ0v) is 10.2. The molecule has 1 aromatic heterocycles. The molecule has 0 radical (unpaired) electrons. The van der Waals surface area contributed by atoms with Crippen molar-refractivity contribution in [2.75, 3.05) is 31.5 Å². The number of likely N-dealkylation sites (tertiary alicyclic amines) is 1. The van der Waals surface area contributed by atoms with Gasteiger partial charge in [-0.3, -0.25) is 0 Å². The van der Waals surface area contributed by atoms with Gasteiger partial charge in [-0.2, -0.15) is 0 Å². The molecule has 0 spiro atoms. The van der Waals surface area contributed by atoms with Crippen LogP contribution in [0.3, 0.4) is 0 Å². The Kier molecular flexibility index (Phi) is 3.96. The van der Waals surface area contributed by atoms with Gasteiger partial charge in [0.05, 0.1) is 6.20 Å². The molecule has 16 heavy (non-hydrogen) atoms. The molecule has 0 bridgehead atoms. The van der Waals surface area contributed by atoms with Gasteiger partial charge in [-0.25, -0.2) is 9.97 Å². The molecule has 1 saturated heterocycles. The van der Waals surface area contributed by atoms with Crippen LogP contribution >= 0.6 is 11.6 Å². The number of hydrogen-bond donors (Lipinski definition) is 1. The molecule has 1 N–H and O–H groups in total. The second-order valence-electron chi connectivity index (χ2n) is 4.15. The van der Waals surface area contributed by atoms with Crippen molar-refractivity contribution in [1.82, 2.24) is 14.9 Å². The molecule has 1 unspecified atom stereocenters. The van der Waals surface area contributed by atoms with Gasteiger partial charge in [0.2, 0.25) is 0 Å². The van der Waals surface area contributed by atoms with Gasteiger partial charge in [-0.05, 0) is 25.4 Å². The maximum absolute atomic E-state index is 5.97. The van der Waals surface area contributed by atoms with E-state index < -0.39 is 0 Å². The van der Waals surface area contributed by atoms with Crippen molar-refractivity contribution < 1.29 is 0 Å². The van der Waals surface area contributed by atoms with Crippen LogP contribution in [0.4, 0.5) is 5.82 Å². The summed E-state index contributed by atoms with van der Waals surface area (Å²) in [6, 6.07) is 0. The lowest BCUT2D eigenvalue weighted by Gasteiger charge is -2.14. The molecule has 88 valence electrons. The van der Waals surface area contributed by atoms with Crippen LogP contribution in [-0.4, -0.2) is 41.0 Å². The molecule has 5 heteroatoms. The second kappa shape index (κ2) is 5.46. The predicted molar refractivity (Wildman–Crippen MR) is 65.8 cm³/mol. The Labute approximate surface area is 101 Å². The van der Waals surface area contributed by atoms with Crippen LogP contribution in [0.5, 0.6) is 0 Å². The van der Waals surface area contributed by atoms with E-state index in [4.69, 9.17) is 11.6 Å². The van der Waals surface area contributed by atoms with Crippen LogP contribution in [0, 0.1) is 5.92 Å². The summed E-state index contributed by atoms with van der Waals surface area (Å²) >= 11 is 5.97. The molecular formula is C11H17ClN4. The first-order valence-electron chi connectivity index (χ1n) is 5.71. The molecule has 0 aromatic carbocycles. The molecule has 0 aliphatic carbocycles. The first-order valence-corrected chi connectivity index (χ1v) is 6.09. The Morgan fingerprint density at radius 3 is 3.19 bits per heavy atom. The minimum Gasteiger partial charge on any atom is -0.368 e. The lowest BCUT2D eigenvalue weighted by Crippen LogP contribution is -2.22. The molecule has 0 amide bonds. The average Bonchev–Trinajstić information content (AvgIpc) is 2.76. The number of nitrogens with one attached hydrogen (secondary N) is 1. The molecular weight excluding hydrogens is 224 g/mol. The quantitative estimate of drug-likeness (QED) is 0.873. The molecule has 1 atom stereocenters. The van der Waals surface area contributed by atoms with E-state index in [1.807, 2.05) is 0 Å². The highest BCUT2D eigenvalue weighted by molar-refractivity contribution is 6.32. The highest BCUT2D eigenvalue weighted by Crippen LogP contribution is 2.19. The van der Waals surface area contributed by atoms with E-state index in [9.17, 15) is 0 Å². The van der Waals surface area contributed by atoms with Crippen molar-refractivity contribution >= 4 is 17.4 Å². The molecule has 1 aliphatic rings. The van der Waals surface area contributed by atoms with Gasteiger partial charge in [-0.1, -0.05) is 18.5 Å². The van der Waals surface area contributed by atoms with Gasteiger partial charge < -0.3 is 10.2 Å². The van der Waals surface area contributed by atoms with E-state index in [-0.39, 0.29) is 0 Å². The fourth-order valence-electron chi connectivity index (χ4n) is 2.05. The summed E-state index contributed by atoms with van der Waals surface area (Å²) in [7, 11) is 0. The van der Waals surface area contributed by atoms with Crippen molar-refractivity contribution in [3.05, 3.63) is 17.5 Å². The summed E-state index contributed by atoms with van der Waals surface area (Å²) in [5.74, 6) is 1.44. The van der Waals surface area contributed by atoms with Gasteiger partial charge in [0.15, 0.2) is 0 Å². The minimum atomic E-state index is 0.591. The van der Waals surface area contributed by atoms with E-state index >= 15 is 0 Å². The normalized spacial score (nSPS) is 21.2. The summed E-state index contributed by atoms with van der Waals surface area (Å²) < 4.78 is 0. The van der Waals surface area contributed by atoms with Crippen molar-refractivity contribution in [2.24, 2.45) is 5.92 Å². The minimum absolute atomic E-state index is 0.591. The van der Waals surface area contributed by atoms with Crippen LogP contribution in [0.15, 0.2) is 12.5 Å². The Hall–Kier alpha value is -0.870. The van der Waals surface area contributed by atoms with Crippen molar-refractivity contribution in [3.8, 4) is 0 Å². The zero-order chi connectivity index (χ0) is 11.4. The topological polar surface area (TPSA) is 41.0 Å². The number of nitrogens with zero attached hydrogens (tertiary/aromatic N) is 3. The third kappa shape index (κ3) is 2.83. The zero-order valence-electron chi connectivity index (χ0n) is 9.49. The maximum atomic E-state index is 5.97. The summed E-state index contributed by atoms with van der Waals surface area (Å²) in [6.07, 6.45) is 4.38. The third-order valence-electron chi connectivity index (χ3n) is 3.04. The molecule has 0 saturated carbocycles. The molecule has 1 aromatic rings. The van der Waals surface area contributed by atoms with Crippen LogP contribution < -0.4 is 5.32 Å². The number of anilines is 1. The monoisotopic (exact) mass is 240 g/mol. The summed E-state index contributed by atoms with van der Waals surface area (Å²) in [5.41, 5.74) is 0. The lowest BCUT2D eigenvalue weighted by molar-refractivity contribution is 0.345. The largest absolute Gasteiger partial charge is 0.368 e. The Morgan fingerprint density at radius 2 is 2.50 bits per heavy atom. The SMILES string of the molecule is CCN1CCC(CNc2ncncc2Cl)C1. The Morgan fingerprint density at radius 1 is 1.62 bits per heavy atom. The molecule has 1 aliphatic heterocycles. The maximum Gasteiger partial charge on any atom is 0.148 e. The first kappa shape index (κ1) is 11.6. The average molecular weight is 241 g/mol. The van der Waals surface area contributed by atoms with Crippen molar-refractivity contribution in [1.29, 1.82) is 0 Å². The number of halogens is 1. The fourth-order valence-corrected chi connectivity index (χ4v) is 2.22. The fraction of sp³-hybridized carbons (Fsp3) is 0.636. The standard InChI is InChI=1S/C11H17ClN4/c1-2-16-4-3-9(7-16)5-14-11-10(12)6-13-8-15-11/h6,8-9H,2-5,7H2,1H3,(H,13,14,15). The van der Waals surface area contributed by atoms with Crippen LogP contribution in [-0.2, 0) is 0 Å². The summed E-state index contributed by atoms with van der Waals surface area (Å²) in [5, 5.41) is 3.88. The van der Waals surface area contributed by atoms with Gasteiger partial charge in [0, 0.05) is 13.1 Å². The Balaban J connectivity index is 1.82. The third-order valence-corrected chi connectivity index (χ3v) is 3.32. The van der Waals surface area contributed by atoms with Gasteiger partial charge in [-0.15, -0.1) is 0 Å². The number of rotatable bonds is 4. The van der Waals surface area contributed by atoms with Crippen molar-refractivity contribution in [3.63, 3.8) is 0 Å². The van der Waals surface area contributed by atoms with E-state index in [2.05, 4.69) is 27.1 Å². The second-order valence-corrected chi connectivity index (χ2v) is 4.56. The van der Waals surface area contributed by atoms with E-state index in [1.54, 1.807) is 6.20 Å². The van der Waals surface area contributed by atoms with Crippen molar-refractivity contribution in [2.45, 2.75) is 13.3 Å². The van der Waals surface area contributed by atoms with Crippen LogP contribution in [0.2, 0.25) is 5.02 Å². The van der Waals surface area contributed by atoms with Gasteiger partial charge >= 0.3 is 0 Å². The highest BCUT2D eigenvalue weighted by Gasteiger charge is 2.20.